The minimum absolute atomic E-state index is 0. The van der Waals surface area contributed by atoms with Gasteiger partial charge in [-0.2, -0.15) is 0 Å². The summed E-state index contributed by atoms with van der Waals surface area (Å²) in [6.07, 6.45) is 4.17. The van der Waals surface area contributed by atoms with E-state index < -0.39 is 0 Å². The van der Waals surface area contributed by atoms with E-state index >= 15 is 0 Å². The molecule has 2 aromatic carbocycles. The van der Waals surface area contributed by atoms with E-state index in [1.807, 2.05) is 24.3 Å². The first-order chi connectivity index (χ1) is 18.3. The van der Waals surface area contributed by atoms with Gasteiger partial charge in [-0.25, -0.2) is 0 Å². The molecule has 39 heavy (non-hydrogen) atoms. The Hall–Kier alpha value is -2.41. The average Bonchev–Trinajstić information content (AvgIpc) is 2.92. The highest BCUT2D eigenvalue weighted by molar-refractivity contribution is 6.31. The van der Waals surface area contributed by atoms with Crippen LogP contribution in [0.1, 0.15) is 99.1 Å². The summed E-state index contributed by atoms with van der Waals surface area (Å²) in [6.45, 7) is 19.4. The fourth-order valence-corrected chi connectivity index (χ4v) is 5.48. The minimum atomic E-state index is -0.0779. The van der Waals surface area contributed by atoms with Gasteiger partial charge in [-0.3, -0.25) is 9.59 Å². The van der Waals surface area contributed by atoms with Crippen LogP contribution in [0.3, 0.4) is 0 Å². The van der Waals surface area contributed by atoms with Crippen LogP contribution in [0.2, 0.25) is 0 Å². The Labute approximate surface area is 242 Å². The number of hydrogen-bond donors (Lipinski definition) is 2. The predicted molar refractivity (Wildman–Crippen MR) is 167 cm³/mol. The van der Waals surface area contributed by atoms with Crippen molar-refractivity contribution in [3.05, 3.63) is 58.7 Å². The van der Waals surface area contributed by atoms with E-state index in [9.17, 15) is 9.59 Å². The number of hydrogen-bond acceptors (Lipinski definition) is 6. The molecule has 0 heterocycles. The molecular weight excluding hydrogens is 508 g/mol. The molecule has 0 aliphatic heterocycles. The summed E-state index contributed by atoms with van der Waals surface area (Å²) in [5.41, 5.74) is 3.50. The lowest BCUT2D eigenvalue weighted by molar-refractivity contribution is 0.0980. The normalized spacial score (nSPS) is 14.1. The van der Waals surface area contributed by atoms with Crippen molar-refractivity contribution in [2.75, 3.05) is 49.9 Å². The van der Waals surface area contributed by atoms with Gasteiger partial charge in [0.1, 0.15) is 0 Å². The zero-order chi connectivity index (χ0) is 27.7. The molecule has 0 amide bonds. The maximum atomic E-state index is 13.8. The van der Waals surface area contributed by atoms with Crippen LogP contribution in [0.5, 0.6) is 0 Å². The van der Waals surface area contributed by atoms with Crippen molar-refractivity contribution in [1.82, 2.24) is 9.80 Å². The Morgan fingerprint density at radius 1 is 0.641 bits per heavy atom. The van der Waals surface area contributed by atoms with Gasteiger partial charge in [-0.15, -0.1) is 12.4 Å². The van der Waals surface area contributed by atoms with Gasteiger partial charge < -0.3 is 20.4 Å². The lowest BCUT2D eigenvalue weighted by atomic mass is 9.82. The molecule has 2 atom stereocenters. The fraction of sp³-hybridized carbons (Fsp3) is 0.562. The molecule has 3 rings (SSSR count). The zero-order valence-electron chi connectivity index (χ0n) is 24.8. The summed E-state index contributed by atoms with van der Waals surface area (Å²) >= 11 is 0. The molecule has 0 saturated heterocycles. The Bertz CT molecular complexity index is 996. The van der Waals surface area contributed by atoms with E-state index in [1.54, 1.807) is 12.1 Å². The Balaban J connectivity index is 0.00000533. The summed E-state index contributed by atoms with van der Waals surface area (Å²) in [4.78, 5) is 32.4. The van der Waals surface area contributed by atoms with Crippen LogP contribution >= 0.6 is 12.4 Å². The molecule has 2 unspecified atom stereocenters. The number of anilines is 2. The van der Waals surface area contributed by atoms with Gasteiger partial charge in [-0.1, -0.05) is 52.0 Å². The van der Waals surface area contributed by atoms with Crippen LogP contribution < -0.4 is 10.6 Å². The Morgan fingerprint density at radius 3 is 1.33 bits per heavy atom. The first-order valence-electron chi connectivity index (χ1n) is 14.7. The van der Waals surface area contributed by atoms with Crippen molar-refractivity contribution in [2.24, 2.45) is 0 Å². The van der Waals surface area contributed by atoms with E-state index in [0.717, 1.165) is 76.3 Å². The first-order valence-corrected chi connectivity index (χ1v) is 14.7. The van der Waals surface area contributed by atoms with Crippen molar-refractivity contribution in [3.8, 4) is 0 Å². The van der Waals surface area contributed by atoms with Gasteiger partial charge in [0.25, 0.3) is 0 Å². The molecule has 0 spiro atoms. The van der Waals surface area contributed by atoms with E-state index in [0.29, 0.717) is 22.3 Å². The molecule has 216 valence electrons. The predicted octanol–water partition coefficient (Wildman–Crippen LogP) is 6.73. The Morgan fingerprint density at radius 2 is 1.00 bits per heavy atom. The molecule has 0 fully saturated rings. The number of halogens is 1. The summed E-state index contributed by atoms with van der Waals surface area (Å²) in [5.74, 6) is -0.156. The largest absolute Gasteiger partial charge is 0.382 e. The smallest absolute Gasteiger partial charge is 0.196 e. The SMILES string of the molecule is CCN(CC)CCCC(C)Nc1cccc2c1C(=O)c1cccc(NC(C)CCCN(CC)CC)c1C2=O.Cl. The van der Waals surface area contributed by atoms with Crippen molar-refractivity contribution < 1.29 is 9.59 Å². The van der Waals surface area contributed by atoms with Crippen LogP contribution in [0.4, 0.5) is 11.4 Å². The number of benzene rings is 2. The molecule has 6 nitrogen and oxygen atoms in total. The van der Waals surface area contributed by atoms with Crippen molar-refractivity contribution in [2.45, 2.75) is 79.3 Å². The monoisotopic (exact) mass is 556 g/mol. The molecule has 2 N–H and O–H groups in total. The molecular formula is C32H49ClN4O2. The van der Waals surface area contributed by atoms with Crippen LogP contribution in [0.25, 0.3) is 0 Å². The number of fused-ring (bicyclic) bond motifs is 2. The summed E-state index contributed by atoms with van der Waals surface area (Å²) in [6, 6.07) is 11.6. The number of nitrogens with one attached hydrogen (secondary N) is 2. The van der Waals surface area contributed by atoms with E-state index in [1.165, 1.54) is 0 Å². The molecule has 2 aromatic rings. The van der Waals surface area contributed by atoms with Gasteiger partial charge in [-0.05, 0) is 90.9 Å². The number of rotatable bonds is 16. The van der Waals surface area contributed by atoms with Crippen LogP contribution in [0, 0.1) is 0 Å². The fourth-order valence-electron chi connectivity index (χ4n) is 5.48. The van der Waals surface area contributed by atoms with Crippen molar-refractivity contribution >= 4 is 35.3 Å². The van der Waals surface area contributed by atoms with Crippen LogP contribution in [-0.4, -0.2) is 72.7 Å². The summed E-state index contributed by atoms with van der Waals surface area (Å²) in [7, 11) is 0. The number of ketones is 2. The molecule has 7 heteroatoms. The lowest BCUT2D eigenvalue weighted by Gasteiger charge is -2.26. The quantitative estimate of drug-likeness (QED) is 0.204. The molecule has 0 radical (unpaired) electrons. The van der Waals surface area contributed by atoms with Gasteiger partial charge in [0.15, 0.2) is 11.6 Å². The van der Waals surface area contributed by atoms with Crippen LogP contribution in [-0.2, 0) is 0 Å². The van der Waals surface area contributed by atoms with E-state index in [4.69, 9.17) is 0 Å². The summed E-state index contributed by atoms with van der Waals surface area (Å²) < 4.78 is 0. The minimum Gasteiger partial charge on any atom is -0.382 e. The average molecular weight is 557 g/mol. The molecule has 1 aliphatic rings. The molecule has 0 aromatic heterocycles. The second kappa shape index (κ2) is 16.0. The Kier molecular flexibility index (Phi) is 13.5. The van der Waals surface area contributed by atoms with Gasteiger partial charge >= 0.3 is 0 Å². The highest BCUT2D eigenvalue weighted by atomic mass is 35.5. The van der Waals surface area contributed by atoms with E-state index in [-0.39, 0.29) is 36.1 Å². The second-order valence-corrected chi connectivity index (χ2v) is 10.5. The maximum Gasteiger partial charge on any atom is 0.196 e. The lowest BCUT2D eigenvalue weighted by Crippen LogP contribution is -2.28. The molecule has 1 aliphatic carbocycles. The van der Waals surface area contributed by atoms with E-state index in [2.05, 4.69) is 62.0 Å². The molecule has 0 bridgehead atoms. The van der Waals surface area contributed by atoms with Crippen molar-refractivity contribution in [1.29, 1.82) is 0 Å². The highest BCUT2D eigenvalue weighted by Gasteiger charge is 2.34. The van der Waals surface area contributed by atoms with Gasteiger partial charge in [0.2, 0.25) is 0 Å². The van der Waals surface area contributed by atoms with Gasteiger partial charge in [0.05, 0.1) is 11.1 Å². The summed E-state index contributed by atoms with van der Waals surface area (Å²) in [5, 5.41) is 7.08. The number of carbonyl (C=O) groups excluding carboxylic acids is 2. The zero-order valence-corrected chi connectivity index (χ0v) is 25.6. The van der Waals surface area contributed by atoms with Crippen molar-refractivity contribution in [3.63, 3.8) is 0 Å². The number of nitrogens with zero attached hydrogens (tertiary/aromatic N) is 2. The first kappa shape index (κ1) is 32.8. The van der Waals surface area contributed by atoms with Gasteiger partial charge in [0, 0.05) is 34.6 Å². The number of carbonyl (C=O) groups is 2. The van der Waals surface area contributed by atoms with Crippen LogP contribution in [0.15, 0.2) is 36.4 Å². The third-order valence-corrected chi connectivity index (χ3v) is 7.89. The standard InChI is InChI=1S/C32H48N4O2.ClH/c1-7-35(8-2)21-13-15-23(5)33-27-19-11-17-25-29(27)31(37)26-18-12-20-28(30(26)32(25)38)34-24(6)16-14-22-36(9-3)10-4;/h11-12,17-20,23-24,33-34H,7-10,13-16,21-22H2,1-6H3;1H. The highest BCUT2D eigenvalue weighted by Crippen LogP contribution is 2.36. The second-order valence-electron chi connectivity index (χ2n) is 10.5. The molecule has 0 saturated carbocycles. The maximum absolute atomic E-state index is 13.8. The third kappa shape index (κ3) is 8.29. The topological polar surface area (TPSA) is 64.7 Å². The third-order valence-electron chi connectivity index (χ3n) is 7.89.